The Labute approximate surface area is 82.9 Å². The molecule has 0 aliphatic heterocycles. The van der Waals surface area contributed by atoms with Crippen molar-refractivity contribution in [3.8, 4) is 0 Å². The molecule has 1 rings (SSSR count). The van der Waals surface area contributed by atoms with E-state index in [-0.39, 0.29) is 5.78 Å². The first-order valence-corrected chi connectivity index (χ1v) is 6.66. The minimum Gasteiger partial charge on any atom is -0.298 e. The van der Waals surface area contributed by atoms with Crippen LogP contribution in [0.4, 0.5) is 0 Å². The monoisotopic (exact) mass is 224 g/mol. The molecule has 0 spiro atoms. The minimum absolute atomic E-state index is 0.317. The van der Waals surface area contributed by atoms with Crippen molar-refractivity contribution in [2.75, 3.05) is 0 Å². The van der Waals surface area contributed by atoms with Gasteiger partial charge in [0.15, 0.2) is 5.78 Å². The van der Waals surface area contributed by atoms with Crippen LogP contribution in [0.25, 0.3) is 0 Å². The van der Waals surface area contributed by atoms with Crippen molar-refractivity contribution in [2.45, 2.75) is 43.8 Å². The van der Waals surface area contributed by atoms with E-state index in [4.69, 9.17) is 10.7 Å². The summed E-state index contributed by atoms with van der Waals surface area (Å²) in [5.74, 6) is -0.317. The molecule has 0 bridgehead atoms. The van der Waals surface area contributed by atoms with Gasteiger partial charge in [-0.15, -0.1) is 0 Å². The molecule has 0 aromatic heterocycles. The number of halogens is 1. The van der Waals surface area contributed by atoms with E-state index in [1.807, 2.05) is 0 Å². The quantitative estimate of drug-likeness (QED) is 0.673. The summed E-state index contributed by atoms with van der Waals surface area (Å²) in [7, 11) is 1.55. The molecule has 5 heteroatoms. The van der Waals surface area contributed by atoms with Gasteiger partial charge in [-0.25, -0.2) is 8.42 Å². The summed E-state index contributed by atoms with van der Waals surface area (Å²) in [5, 5.41) is 0. The average Bonchev–Trinajstić information content (AvgIpc) is 2.03. The Kier molecular flexibility index (Phi) is 3.02. The molecule has 13 heavy (non-hydrogen) atoms. The molecular weight excluding hydrogens is 212 g/mol. The molecule has 0 aromatic rings. The summed E-state index contributed by atoms with van der Waals surface area (Å²) in [6, 6.07) is 0. The Morgan fingerprint density at radius 3 is 1.92 bits per heavy atom. The van der Waals surface area contributed by atoms with Crippen molar-refractivity contribution in [2.24, 2.45) is 0 Å². The molecule has 0 unspecified atom stereocenters. The molecule has 76 valence electrons. The van der Waals surface area contributed by atoms with E-state index in [0.29, 0.717) is 12.8 Å². The molecule has 1 fully saturated rings. The van der Waals surface area contributed by atoms with Crippen LogP contribution in [-0.2, 0) is 13.8 Å². The summed E-state index contributed by atoms with van der Waals surface area (Å²) in [5.41, 5.74) is 0. The smallest absolute Gasteiger partial charge is 0.245 e. The van der Waals surface area contributed by atoms with Gasteiger partial charge < -0.3 is 0 Å². The van der Waals surface area contributed by atoms with Gasteiger partial charge in [-0.1, -0.05) is 19.3 Å². The first kappa shape index (κ1) is 11.0. The fraction of sp³-hybridized carbons (Fsp3) is 0.875. The number of ketones is 1. The number of carbonyl (C=O) groups is 1. The second-order valence-electron chi connectivity index (χ2n) is 3.55. The van der Waals surface area contributed by atoms with Gasteiger partial charge in [-0.05, 0) is 19.8 Å². The molecule has 0 heterocycles. The number of Topliss-reactive ketones (excluding diaryl/α,β-unsaturated/α-hetero) is 1. The van der Waals surface area contributed by atoms with E-state index in [0.717, 1.165) is 19.3 Å². The fourth-order valence-corrected chi connectivity index (χ4v) is 3.80. The standard InChI is InChI=1S/C8H13ClO3S/c1-7(10)8(13(9,11)12)5-3-2-4-6-8/h2-6H2,1H3. The number of rotatable bonds is 2. The van der Waals surface area contributed by atoms with Crippen LogP contribution >= 0.6 is 10.7 Å². The second-order valence-corrected chi connectivity index (χ2v) is 6.42. The zero-order chi connectivity index (χ0) is 10.1. The molecule has 1 saturated carbocycles. The van der Waals surface area contributed by atoms with E-state index >= 15 is 0 Å². The molecule has 0 aromatic carbocycles. The van der Waals surface area contributed by atoms with Gasteiger partial charge in [0, 0.05) is 10.7 Å². The van der Waals surface area contributed by atoms with Crippen LogP contribution in [0.15, 0.2) is 0 Å². The molecule has 1 aliphatic rings. The van der Waals surface area contributed by atoms with Crippen LogP contribution in [-0.4, -0.2) is 18.9 Å². The minimum atomic E-state index is -3.76. The maximum atomic E-state index is 11.3. The van der Waals surface area contributed by atoms with Crippen molar-refractivity contribution in [3.63, 3.8) is 0 Å². The highest BCUT2D eigenvalue weighted by Crippen LogP contribution is 2.38. The average molecular weight is 225 g/mol. The van der Waals surface area contributed by atoms with Crippen molar-refractivity contribution in [1.29, 1.82) is 0 Å². The number of hydrogen-bond donors (Lipinski definition) is 0. The maximum absolute atomic E-state index is 11.3. The highest BCUT2D eigenvalue weighted by Gasteiger charge is 2.47. The van der Waals surface area contributed by atoms with Gasteiger partial charge >= 0.3 is 0 Å². The van der Waals surface area contributed by atoms with Crippen LogP contribution in [0, 0.1) is 0 Å². The van der Waals surface area contributed by atoms with Gasteiger partial charge in [0.25, 0.3) is 0 Å². The van der Waals surface area contributed by atoms with Crippen molar-refractivity contribution in [3.05, 3.63) is 0 Å². The lowest BCUT2D eigenvalue weighted by Crippen LogP contribution is -2.44. The number of hydrogen-bond acceptors (Lipinski definition) is 3. The topological polar surface area (TPSA) is 51.2 Å². The fourth-order valence-electron chi connectivity index (χ4n) is 1.89. The summed E-state index contributed by atoms with van der Waals surface area (Å²) in [6.45, 7) is 1.31. The molecule has 0 saturated heterocycles. The first-order chi connectivity index (χ1) is 5.90. The Morgan fingerprint density at radius 1 is 1.23 bits per heavy atom. The molecule has 0 amide bonds. The van der Waals surface area contributed by atoms with E-state index in [1.165, 1.54) is 6.92 Å². The lowest BCUT2D eigenvalue weighted by atomic mass is 9.86. The lowest BCUT2D eigenvalue weighted by Gasteiger charge is -2.31. The molecular formula is C8H13ClO3S. The Hall–Kier alpha value is -0.0900. The van der Waals surface area contributed by atoms with Gasteiger partial charge in [0.05, 0.1) is 0 Å². The van der Waals surface area contributed by atoms with Crippen molar-refractivity contribution in [1.82, 2.24) is 0 Å². The second kappa shape index (κ2) is 3.58. The molecule has 0 radical (unpaired) electrons. The normalized spacial score (nSPS) is 22.6. The van der Waals surface area contributed by atoms with Gasteiger partial charge in [-0.3, -0.25) is 4.79 Å². The highest BCUT2D eigenvalue weighted by molar-refractivity contribution is 8.15. The van der Waals surface area contributed by atoms with Gasteiger partial charge in [0.2, 0.25) is 9.05 Å². The van der Waals surface area contributed by atoms with E-state index in [2.05, 4.69) is 0 Å². The van der Waals surface area contributed by atoms with E-state index < -0.39 is 13.8 Å². The third-order valence-electron chi connectivity index (χ3n) is 2.77. The van der Waals surface area contributed by atoms with Gasteiger partial charge in [0.1, 0.15) is 4.75 Å². The molecule has 3 nitrogen and oxygen atoms in total. The lowest BCUT2D eigenvalue weighted by molar-refractivity contribution is -0.120. The SMILES string of the molecule is CC(=O)C1(S(=O)(=O)Cl)CCCCC1. The summed E-state index contributed by atoms with van der Waals surface area (Å²) in [6.07, 6.45) is 3.29. The summed E-state index contributed by atoms with van der Waals surface area (Å²) in [4.78, 5) is 11.3. The predicted molar refractivity (Wildman–Crippen MR) is 51.3 cm³/mol. The highest BCUT2D eigenvalue weighted by atomic mass is 35.7. The Balaban J connectivity index is 3.07. The van der Waals surface area contributed by atoms with E-state index in [9.17, 15) is 13.2 Å². The predicted octanol–water partition coefficient (Wildman–Crippen LogP) is 1.85. The van der Waals surface area contributed by atoms with Crippen molar-refractivity contribution >= 4 is 25.5 Å². The Morgan fingerprint density at radius 2 is 1.69 bits per heavy atom. The van der Waals surface area contributed by atoms with Crippen LogP contribution in [0.1, 0.15) is 39.0 Å². The number of carbonyl (C=O) groups excluding carboxylic acids is 1. The Bertz CT molecular complexity index is 301. The summed E-state index contributed by atoms with van der Waals surface area (Å²) >= 11 is 0. The van der Waals surface area contributed by atoms with Crippen LogP contribution in [0.5, 0.6) is 0 Å². The third kappa shape index (κ3) is 1.89. The molecule has 1 aliphatic carbocycles. The maximum Gasteiger partial charge on any atom is 0.245 e. The zero-order valence-corrected chi connectivity index (χ0v) is 9.12. The van der Waals surface area contributed by atoms with Crippen LogP contribution in [0.2, 0.25) is 0 Å². The largest absolute Gasteiger partial charge is 0.298 e. The van der Waals surface area contributed by atoms with E-state index in [1.54, 1.807) is 0 Å². The first-order valence-electron chi connectivity index (χ1n) is 4.35. The molecule has 0 N–H and O–H groups in total. The van der Waals surface area contributed by atoms with Crippen LogP contribution < -0.4 is 0 Å². The van der Waals surface area contributed by atoms with Crippen molar-refractivity contribution < 1.29 is 13.2 Å². The van der Waals surface area contributed by atoms with Gasteiger partial charge in [-0.2, -0.15) is 0 Å². The molecule has 0 atom stereocenters. The van der Waals surface area contributed by atoms with Crippen LogP contribution in [0.3, 0.4) is 0 Å². The summed E-state index contributed by atoms with van der Waals surface area (Å²) < 4.78 is 21.3. The zero-order valence-electron chi connectivity index (χ0n) is 7.55. The third-order valence-corrected chi connectivity index (χ3v) is 5.28.